The van der Waals surface area contributed by atoms with Gasteiger partial charge in [0, 0.05) is 11.5 Å². The maximum absolute atomic E-state index is 13.0. The molecule has 4 aromatic rings. The van der Waals surface area contributed by atoms with Gasteiger partial charge in [0.15, 0.2) is 17.2 Å². The quantitative estimate of drug-likeness (QED) is 0.442. The molecule has 0 spiro atoms. The van der Waals surface area contributed by atoms with Crippen molar-refractivity contribution in [3.05, 3.63) is 94.4 Å². The Hall–Kier alpha value is -4.33. The van der Waals surface area contributed by atoms with Gasteiger partial charge in [-0.25, -0.2) is 4.68 Å². The summed E-state index contributed by atoms with van der Waals surface area (Å²) < 4.78 is 17.7. The van der Waals surface area contributed by atoms with Crippen molar-refractivity contribution in [3.63, 3.8) is 0 Å². The summed E-state index contributed by atoms with van der Waals surface area (Å²) in [5.74, 6) is 1.56. The standard InChI is InChI=1S/C25H21N3O5/c29-24(26-12-13-31-18-10-11-21-22(14-18)33-16-32-21)23-19-8-4-5-9-20(19)25(30)28(27-23)15-17-6-2-1-3-7-17/h1-11,14H,12-13,15-16H2,(H,26,29). The summed E-state index contributed by atoms with van der Waals surface area (Å²) in [7, 11) is 0. The predicted octanol–water partition coefficient (Wildman–Crippen LogP) is 2.98. The molecule has 8 nitrogen and oxygen atoms in total. The van der Waals surface area contributed by atoms with Gasteiger partial charge in [-0.2, -0.15) is 5.10 Å². The Kier molecular flexibility index (Phi) is 5.63. The van der Waals surface area contributed by atoms with E-state index in [1.54, 1.807) is 42.5 Å². The predicted molar refractivity (Wildman–Crippen MR) is 122 cm³/mol. The molecule has 33 heavy (non-hydrogen) atoms. The van der Waals surface area contributed by atoms with Crippen LogP contribution in [0.25, 0.3) is 10.8 Å². The molecule has 0 saturated heterocycles. The molecule has 0 fully saturated rings. The number of ether oxygens (including phenoxy) is 3. The van der Waals surface area contributed by atoms with E-state index < -0.39 is 0 Å². The van der Waals surface area contributed by atoms with E-state index >= 15 is 0 Å². The average Bonchev–Trinajstić information content (AvgIpc) is 3.32. The number of fused-ring (bicyclic) bond motifs is 2. The number of hydrogen-bond acceptors (Lipinski definition) is 6. The highest BCUT2D eigenvalue weighted by molar-refractivity contribution is 6.04. The Labute approximate surface area is 189 Å². The first-order valence-corrected chi connectivity index (χ1v) is 10.5. The maximum atomic E-state index is 13.0. The summed E-state index contributed by atoms with van der Waals surface area (Å²) in [6.45, 7) is 0.994. The molecule has 0 unspecified atom stereocenters. The van der Waals surface area contributed by atoms with Crippen LogP contribution in [-0.2, 0) is 6.54 Å². The van der Waals surface area contributed by atoms with E-state index in [4.69, 9.17) is 14.2 Å². The van der Waals surface area contributed by atoms with E-state index in [9.17, 15) is 9.59 Å². The monoisotopic (exact) mass is 443 g/mol. The molecule has 0 aliphatic carbocycles. The van der Waals surface area contributed by atoms with Gasteiger partial charge >= 0.3 is 0 Å². The van der Waals surface area contributed by atoms with Crippen LogP contribution >= 0.6 is 0 Å². The van der Waals surface area contributed by atoms with Crippen molar-refractivity contribution in [2.45, 2.75) is 6.54 Å². The summed E-state index contributed by atoms with van der Waals surface area (Å²) in [5.41, 5.74) is 0.882. The van der Waals surface area contributed by atoms with E-state index in [0.717, 1.165) is 5.56 Å². The topological polar surface area (TPSA) is 91.7 Å². The summed E-state index contributed by atoms with van der Waals surface area (Å²) >= 11 is 0. The maximum Gasteiger partial charge on any atom is 0.274 e. The fourth-order valence-corrected chi connectivity index (χ4v) is 3.65. The van der Waals surface area contributed by atoms with Crippen LogP contribution in [0.3, 0.4) is 0 Å². The van der Waals surface area contributed by atoms with Crippen molar-refractivity contribution in [3.8, 4) is 17.2 Å². The molecular weight excluding hydrogens is 422 g/mol. The third-order valence-corrected chi connectivity index (χ3v) is 5.26. The van der Waals surface area contributed by atoms with Gasteiger partial charge in [-0.15, -0.1) is 0 Å². The first-order chi connectivity index (χ1) is 16.2. The van der Waals surface area contributed by atoms with Crippen molar-refractivity contribution in [1.29, 1.82) is 0 Å². The van der Waals surface area contributed by atoms with Crippen LogP contribution in [0.1, 0.15) is 16.1 Å². The van der Waals surface area contributed by atoms with Gasteiger partial charge in [-0.05, 0) is 23.8 Å². The molecule has 3 aromatic carbocycles. The van der Waals surface area contributed by atoms with Crippen LogP contribution in [0.2, 0.25) is 0 Å². The summed E-state index contributed by atoms with van der Waals surface area (Å²) in [6, 6.07) is 21.8. The summed E-state index contributed by atoms with van der Waals surface area (Å²) in [6.07, 6.45) is 0. The second kappa shape index (κ2) is 9.04. The second-order valence-corrected chi connectivity index (χ2v) is 7.46. The highest BCUT2D eigenvalue weighted by atomic mass is 16.7. The van der Waals surface area contributed by atoms with E-state index in [1.165, 1.54) is 4.68 Å². The molecule has 1 amide bonds. The number of aromatic nitrogens is 2. The smallest absolute Gasteiger partial charge is 0.274 e. The lowest BCUT2D eigenvalue weighted by Gasteiger charge is -2.12. The Bertz CT molecular complexity index is 1370. The third-order valence-electron chi connectivity index (χ3n) is 5.26. The van der Waals surface area contributed by atoms with Gasteiger partial charge in [0.2, 0.25) is 6.79 Å². The van der Waals surface area contributed by atoms with Crippen LogP contribution in [0.4, 0.5) is 0 Å². The number of nitrogens with one attached hydrogen (secondary N) is 1. The van der Waals surface area contributed by atoms with Gasteiger partial charge in [-0.1, -0.05) is 48.5 Å². The van der Waals surface area contributed by atoms with Gasteiger partial charge in [-0.3, -0.25) is 9.59 Å². The van der Waals surface area contributed by atoms with Crippen LogP contribution in [0.15, 0.2) is 77.6 Å². The van der Waals surface area contributed by atoms with Crippen LogP contribution in [0.5, 0.6) is 17.2 Å². The molecule has 0 saturated carbocycles. The summed E-state index contributed by atoms with van der Waals surface area (Å²) in [5, 5.41) is 8.18. The van der Waals surface area contributed by atoms with Crippen molar-refractivity contribution >= 4 is 16.7 Å². The molecule has 1 aliphatic heterocycles. The van der Waals surface area contributed by atoms with Crippen molar-refractivity contribution < 1.29 is 19.0 Å². The minimum Gasteiger partial charge on any atom is -0.492 e. The normalized spacial score (nSPS) is 12.0. The first-order valence-electron chi connectivity index (χ1n) is 10.5. The molecule has 2 heterocycles. The van der Waals surface area contributed by atoms with Gasteiger partial charge in [0.1, 0.15) is 12.4 Å². The Balaban J connectivity index is 1.31. The molecule has 166 valence electrons. The minimum absolute atomic E-state index is 0.197. The highest BCUT2D eigenvalue weighted by Gasteiger charge is 2.17. The first kappa shape index (κ1) is 20.6. The number of carbonyl (C=O) groups is 1. The van der Waals surface area contributed by atoms with Crippen molar-refractivity contribution in [1.82, 2.24) is 15.1 Å². The third kappa shape index (κ3) is 4.36. The molecule has 1 aliphatic rings. The minimum atomic E-state index is -0.373. The number of carbonyl (C=O) groups excluding carboxylic acids is 1. The number of hydrogen-bond donors (Lipinski definition) is 1. The Morgan fingerprint density at radius 3 is 2.58 bits per heavy atom. The lowest BCUT2D eigenvalue weighted by Crippen LogP contribution is -2.33. The molecule has 0 atom stereocenters. The molecule has 1 aromatic heterocycles. The van der Waals surface area contributed by atoms with Crippen LogP contribution < -0.4 is 25.1 Å². The zero-order valence-corrected chi connectivity index (χ0v) is 17.7. The average molecular weight is 443 g/mol. The SMILES string of the molecule is O=C(NCCOc1ccc2c(c1)OCO2)c1nn(Cc2ccccc2)c(=O)c2ccccc12. The number of nitrogens with zero attached hydrogens (tertiary/aromatic N) is 2. The fourth-order valence-electron chi connectivity index (χ4n) is 3.65. The largest absolute Gasteiger partial charge is 0.492 e. The zero-order chi connectivity index (χ0) is 22.6. The molecule has 1 N–H and O–H groups in total. The molecule has 0 bridgehead atoms. The Morgan fingerprint density at radius 2 is 1.73 bits per heavy atom. The van der Waals surface area contributed by atoms with Gasteiger partial charge < -0.3 is 19.5 Å². The Morgan fingerprint density at radius 1 is 0.970 bits per heavy atom. The fraction of sp³-hybridized carbons (Fsp3) is 0.160. The lowest BCUT2D eigenvalue weighted by atomic mass is 10.1. The van der Waals surface area contributed by atoms with E-state index in [1.807, 2.05) is 30.3 Å². The molecule has 8 heteroatoms. The molecule has 0 radical (unpaired) electrons. The van der Waals surface area contributed by atoms with E-state index in [2.05, 4.69) is 10.4 Å². The van der Waals surface area contributed by atoms with Crippen molar-refractivity contribution in [2.75, 3.05) is 19.9 Å². The number of benzene rings is 3. The van der Waals surface area contributed by atoms with Crippen LogP contribution in [-0.4, -0.2) is 35.6 Å². The van der Waals surface area contributed by atoms with Gasteiger partial charge in [0.05, 0.1) is 18.5 Å². The van der Waals surface area contributed by atoms with E-state index in [0.29, 0.717) is 28.0 Å². The highest BCUT2D eigenvalue weighted by Crippen LogP contribution is 2.35. The van der Waals surface area contributed by atoms with Crippen molar-refractivity contribution in [2.24, 2.45) is 0 Å². The number of rotatable bonds is 7. The van der Waals surface area contributed by atoms with Gasteiger partial charge in [0.25, 0.3) is 11.5 Å². The second-order valence-electron chi connectivity index (χ2n) is 7.46. The zero-order valence-electron chi connectivity index (χ0n) is 17.7. The van der Waals surface area contributed by atoms with Crippen LogP contribution in [0, 0.1) is 0 Å². The lowest BCUT2D eigenvalue weighted by molar-refractivity contribution is 0.0941. The summed E-state index contributed by atoms with van der Waals surface area (Å²) in [4.78, 5) is 25.9. The number of amides is 1. The van der Waals surface area contributed by atoms with E-state index in [-0.39, 0.29) is 43.6 Å². The molecular formula is C25H21N3O5. The molecule has 5 rings (SSSR count).